The molecule has 0 spiro atoms. The van der Waals surface area contributed by atoms with Crippen LogP contribution in [0.15, 0.2) is 78.9 Å². The van der Waals surface area contributed by atoms with Gasteiger partial charge in [-0.25, -0.2) is 4.98 Å². The highest BCUT2D eigenvalue weighted by Crippen LogP contribution is 2.44. The average Bonchev–Trinajstić information content (AvgIpc) is 3.29. The topological polar surface area (TPSA) is 104 Å². The molecule has 0 fully saturated rings. The van der Waals surface area contributed by atoms with Gasteiger partial charge in [-0.15, -0.1) is 11.3 Å². The van der Waals surface area contributed by atoms with Gasteiger partial charge in [-0.3, -0.25) is 4.79 Å². The lowest BCUT2D eigenvalue weighted by atomic mass is 10.00. The first-order valence-corrected chi connectivity index (χ1v) is 13.7. The lowest BCUT2D eigenvalue weighted by Gasteiger charge is -2.11. The average molecular weight is 552 g/mol. The van der Waals surface area contributed by atoms with E-state index in [4.69, 9.17) is 17.3 Å². The van der Waals surface area contributed by atoms with E-state index in [2.05, 4.69) is 47.7 Å². The van der Waals surface area contributed by atoms with Crippen molar-refractivity contribution in [2.75, 3.05) is 11.1 Å². The molecule has 6 nitrogen and oxygen atoms in total. The third kappa shape index (κ3) is 5.44. The molecule has 194 valence electrons. The molecular weight excluding hydrogens is 526 g/mol. The number of anilines is 3. The Morgan fingerprint density at radius 3 is 2.38 bits per heavy atom. The Kier molecular flexibility index (Phi) is 7.51. The van der Waals surface area contributed by atoms with E-state index in [9.17, 15) is 10.1 Å². The first-order chi connectivity index (χ1) is 18.9. The van der Waals surface area contributed by atoms with Crippen molar-refractivity contribution < 1.29 is 4.79 Å². The van der Waals surface area contributed by atoms with Crippen LogP contribution in [0.3, 0.4) is 0 Å². The number of hydrogen-bond donors (Lipinski definition) is 3. The van der Waals surface area contributed by atoms with Crippen LogP contribution in [0.4, 0.5) is 16.5 Å². The Morgan fingerprint density at radius 1 is 1.05 bits per heavy atom. The zero-order valence-corrected chi connectivity index (χ0v) is 23.0. The molecule has 8 heteroatoms. The first-order valence-electron chi connectivity index (χ1n) is 12.5. The molecular formula is C31H26ClN5OS. The number of hydrogen-bond acceptors (Lipinski definition) is 6. The number of amides is 1. The van der Waals surface area contributed by atoms with E-state index < -0.39 is 0 Å². The summed E-state index contributed by atoms with van der Waals surface area (Å²) in [6.07, 6.45) is 0. The number of nitrogens with two attached hydrogens (primary N) is 1. The maximum absolute atomic E-state index is 13.7. The van der Waals surface area contributed by atoms with Crippen molar-refractivity contribution in [3.63, 3.8) is 0 Å². The largest absolute Gasteiger partial charge is 0.383 e. The van der Waals surface area contributed by atoms with Gasteiger partial charge in [-0.2, -0.15) is 5.26 Å². The molecule has 1 amide bonds. The van der Waals surface area contributed by atoms with Crippen molar-refractivity contribution in [3.8, 4) is 17.2 Å². The Bertz CT molecular complexity index is 1690. The fourth-order valence-corrected chi connectivity index (χ4v) is 5.73. The van der Waals surface area contributed by atoms with Gasteiger partial charge in [-0.05, 0) is 46.9 Å². The van der Waals surface area contributed by atoms with E-state index in [1.165, 1.54) is 16.9 Å². The van der Waals surface area contributed by atoms with Gasteiger partial charge >= 0.3 is 0 Å². The number of thiophene rings is 1. The van der Waals surface area contributed by atoms with Crippen molar-refractivity contribution in [2.24, 2.45) is 0 Å². The SMILES string of the molecule is CC(C)c1ccc(Nc2sc3c(-c4ccc(Cl)cc4)c(C#N)c(N)nc3c2C(=O)NCc2ccccc2)cc1. The van der Waals surface area contributed by atoms with E-state index in [1.54, 1.807) is 12.1 Å². The van der Waals surface area contributed by atoms with Crippen LogP contribution in [0.25, 0.3) is 21.3 Å². The van der Waals surface area contributed by atoms with Crippen molar-refractivity contribution in [3.05, 3.63) is 106 Å². The Balaban J connectivity index is 1.66. The lowest BCUT2D eigenvalue weighted by Crippen LogP contribution is -2.23. The third-order valence-corrected chi connectivity index (χ3v) is 7.82. The second-order valence-corrected chi connectivity index (χ2v) is 10.9. The van der Waals surface area contributed by atoms with E-state index in [0.29, 0.717) is 43.8 Å². The molecule has 0 unspecified atom stereocenters. The number of nitrogen functional groups attached to an aromatic ring is 1. The predicted molar refractivity (Wildman–Crippen MR) is 161 cm³/mol. The Labute approximate surface area is 236 Å². The maximum atomic E-state index is 13.7. The van der Waals surface area contributed by atoms with Gasteiger partial charge in [-0.1, -0.05) is 80.0 Å². The fraction of sp³-hybridized carbons (Fsp3) is 0.129. The van der Waals surface area contributed by atoms with E-state index in [-0.39, 0.29) is 17.3 Å². The van der Waals surface area contributed by atoms with Crippen LogP contribution in [-0.4, -0.2) is 10.9 Å². The van der Waals surface area contributed by atoms with Crippen molar-refractivity contribution >= 4 is 55.6 Å². The van der Waals surface area contributed by atoms with Gasteiger partial charge in [0.05, 0.1) is 10.2 Å². The van der Waals surface area contributed by atoms with Gasteiger partial charge in [0, 0.05) is 22.8 Å². The number of nitrogens with zero attached hydrogens (tertiary/aromatic N) is 2. The number of fused-ring (bicyclic) bond motifs is 1. The van der Waals surface area contributed by atoms with Crippen LogP contribution in [0.1, 0.15) is 46.8 Å². The molecule has 0 radical (unpaired) electrons. The van der Waals surface area contributed by atoms with Gasteiger partial charge in [0.2, 0.25) is 0 Å². The molecule has 0 aliphatic rings. The molecule has 5 aromatic rings. The quantitative estimate of drug-likeness (QED) is 0.191. The van der Waals surface area contributed by atoms with Gasteiger partial charge in [0.1, 0.15) is 28.0 Å². The molecule has 0 saturated carbocycles. The minimum Gasteiger partial charge on any atom is -0.383 e. The van der Waals surface area contributed by atoms with Crippen molar-refractivity contribution in [1.29, 1.82) is 5.26 Å². The monoisotopic (exact) mass is 551 g/mol. The highest BCUT2D eigenvalue weighted by atomic mass is 35.5. The highest BCUT2D eigenvalue weighted by molar-refractivity contribution is 7.24. The van der Waals surface area contributed by atoms with Crippen LogP contribution in [-0.2, 0) is 6.54 Å². The molecule has 0 bridgehead atoms. The van der Waals surface area contributed by atoms with E-state index >= 15 is 0 Å². The van der Waals surface area contributed by atoms with Crippen LogP contribution in [0.2, 0.25) is 5.02 Å². The number of halogens is 1. The summed E-state index contributed by atoms with van der Waals surface area (Å²) in [5.41, 5.74) is 11.8. The minimum atomic E-state index is -0.287. The lowest BCUT2D eigenvalue weighted by molar-refractivity contribution is 0.0953. The molecule has 4 N–H and O–H groups in total. The van der Waals surface area contributed by atoms with Crippen molar-refractivity contribution in [2.45, 2.75) is 26.3 Å². The highest BCUT2D eigenvalue weighted by Gasteiger charge is 2.26. The van der Waals surface area contributed by atoms with Crippen LogP contribution in [0, 0.1) is 11.3 Å². The standard InChI is InChI=1S/C31H26ClN5OS/c1-18(2)20-10-14-23(15-11-20)36-31-26(30(38)35-17-19-6-4-3-5-7-19)27-28(39-31)25(24(16-33)29(34)37-27)21-8-12-22(32)13-9-21/h3-15,18,36H,17H2,1-2H3,(H2,34,37)(H,35,38). The molecule has 39 heavy (non-hydrogen) atoms. The molecule has 3 aromatic carbocycles. The molecule has 0 aliphatic carbocycles. The zero-order chi connectivity index (χ0) is 27.5. The number of nitrogens with one attached hydrogen (secondary N) is 2. The summed E-state index contributed by atoms with van der Waals surface area (Å²) in [6.45, 7) is 4.64. The second kappa shape index (κ2) is 11.2. The van der Waals surface area contributed by atoms with E-state index in [1.807, 2.05) is 54.6 Å². The Hall–Kier alpha value is -4.38. The van der Waals surface area contributed by atoms with Crippen LogP contribution >= 0.6 is 22.9 Å². The summed E-state index contributed by atoms with van der Waals surface area (Å²) in [6, 6.07) is 27.2. The number of carbonyl (C=O) groups is 1. The smallest absolute Gasteiger partial charge is 0.256 e. The number of pyridine rings is 1. The third-order valence-electron chi connectivity index (χ3n) is 6.45. The number of benzene rings is 3. The summed E-state index contributed by atoms with van der Waals surface area (Å²) in [5, 5.41) is 17.6. The fourth-order valence-electron chi connectivity index (χ4n) is 4.37. The second-order valence-electron chi connectivity index (χ2n) is 9.42. The Morgan fingerprint density at radius 2 is 1.74 bits per heavy atom. The number of aromatic nitrogens is 1. The van der Waals surface area contributed by atoms with E-state index in [0.717, 1.165) is 16.8 Å². The summed E-state index contributed by atoms with van der Waals surface area (Å²) < 4.78 is 0.689. The summed E-state index contributed by atoms with van der Waals surface area (Å²) in [4.78, 5) is 18.3. The summed E-state index contributed by atoms with van der Waals surface area (Å²) >= 11 is 7.51. The molecule has 0 atom stereocenters. The number of nitriles is 1. The predicted octanol–water partition coefficient (Wildman–Crippen LogP) is 7.87. The molecule has 2 aromatic heterocycles. The van der Waals surface area contributed by atoms with Crippen molar-refractivity contribution in [1.82, 2.24) is 10.3 Å². The first kappa shape index (κ1) is 26.2. The molecule has 2 heterocycles. The maximum Gasteiger partial charge on any atom is 0.256 e. The number of rotatable bonds is 7. The zero-order valence-electron chi connectivity index (χ0n) is 21.5. The molecule has 5 rings (SSSR count). The van der Waals surface area contributed by atoms with Gasteiger partial charge in [0.15, 0.2) is 0 Å². The van der Waals surface area contributed by atoms with Gasteiger partial charge < -0.3 is 16.4 Å². The summed E-state index contributed by atoms with van der Waals surface area (Å²) in [5.74, 6) is 0.184. The van der Waals surface area contributed by atoms with Crippen LogP contribution < -0.4 is 16.4 Å². The normalized spacial score (nSPS) is 10.9. The minimum absolute atomic E-state index is 0.0673. The van der Waals surface area contributed by atoms with Crippen LogP contribution in [0.5, 0.6) is 0 Å². The summed E-state index contributed by atoms with van der Waals surface area (Å²) in [7, 11) is 0. The number of carbonyl (C=O) groups excluding carboxylic acids is 1. The van der Waals surface area contributed by atoms with Gasteiger partial charge in [0.25, 0.3) is 5.91 Å². The molecule has 0 aliphatic heterocycles. The molecule has 0 saturated heterocycles.